The summed E-state index contributed by atoms with van der Waals surface area (Å²) in [5.74, 6) is 3.10. The van der Waals surface area contributed by atoms with Gasteiger partial charge in [0.25, 0.3) is 0 Å². The van der Waals surface area contributed by atoms with E-state index >= 15 is 0 Å². The largest absolute Gasteiger partial charge is 0.493 e. The number of nitrogens with zero attached hydrogens (tertiary/aromatic N) is 1. The summed E-state index contributed by atoms with van der Waals surface area (Å²) in [6.07, 6.45) is 0.790. The van der Waals surface area contributed by atoms with Crippen molar-refractivity contribution in [3.05, 3.63) is 59.4 Å². The fourth-order valence-electron chi connectivity index (χ4n) is 2.46. The molecule has 0 heterocycles. The van der Waals surface area contributed by atoms with E-state index in [-0.39, 0.29) is 5.82 Å². The molecule has 0 fully saturated rings. The first kappa shape index (κ1) is 20.9. The summed E-state index contributed by atoms with van der Waals surface area (Å²) < 4.78 is 24.0. The van der Waals surface area contributed by atoms with Crippen LogP contribution < -0.4 is 20.5 Å². The van der Waals surface area contributed by atoms with Gasteiger partial charge in [-0.2, -0.15) is 11.8 Å². The minimum atomic E-state index is -0.162. The summed E-state index contributed by atoms with van der Waals surface area (Å²) in [7, 11) is 3.24. The van der Waals surface area contributed by atoms with Gasteiger partial charge in [0.2, 0.25) is 0 Å². The molecule has 0 aromatic heterocycles. The molecule has 0 amide bonds. The van der Waals surface area contributed by atoms with Crippen LogP contribution in [0.3, 0.4) is 0 Å². The van der Waals surface area contributed by atoms with Crippen molar-refractivity contribution >= 4 is 17.7 Å². The van der Waals surface area contributed by atoms with Crippen LogP contribution in [0.1, 0.15) is 11.1 Å². The molecule has 0 saturated carbocycles. The number of hydrogen-bond acceptors (Lipinski definition) is 4. The van der Waals surface area contributed by atoms with Crippen molar-refractivity contribution in [1.82, 2.24) is 5.32 Å². The molecule has 2 aromatic rings. The maximum Gasteiger partial charge on any atom is 0.188 e. The Morgan fingerprint density at radius 3 is 2.67 bits per heavy atom. The van der Waals surface area contributed by atoms with Gasteiger partial charge >= 0.3 is 0 Å². The zero-order valence-electron chi connectivity index (χ0n) is 15.7. The monoisotopic (exact) mass is 391 g/mol. The summed E-state index contributed by atoms with van der Waals surface area (Å²) in [4.78, 5) is 4.29. The van der Waals surface area contributed by atoms with E-state index in [4.69, 9.17) is 15.2 Å². The number of methoxy groups -OCH3 is 2. The summed E-state index contributed by atoms with van der Waals surface area (Å²) in [6.45, 7) is 1.27. The van der Waals surface area contributed by atoms with Crippen LogP contribution in [0.15, 0.2) is 47.5 Å². The summed E-state index contributed by atoms with van der Waals surface area (Å²) >= 11 is 1.63. The van der Waals surface area contributed by atoms with Crippen molar-refractivity contribution in [2.45, 2.75) is 12.2 Å². The molecular formula is C20H26FN3O2S. The Morgan fingerprint density at radius 1 is 1.15 bits per heavy atom. The average Bonchev–Trinajstić information content (AvgIpc) is 2.69. The zero-order chi connectivity index (χ0) is 19.5. The van der Waals surface area contributed by atoms with Crippen LogP contribution in [0.2, 0.25) is 0 Å². The molecular weight excluding hydrogens is 365 g/mol. The SMILES string of the molecule is COc1ccc(CCNC(N)=NCCSCc2ccccc2F)cc1OC. The Labute approximate surface area is 164 Å². The van der Waals surface area contributed by atoms with Gasteiger partial charge in [-0.15, -0.1) is 0 Å². The van der Waals surface area contributed by atoms with E-state index in [2.05, 4.69) is 10.3 Å². The predicted octanol–water partition coefficient (Wildman–Crippen LogP) is 3.22. The van der Waals surface area contributed by atoms with Crippen LogP contribution in [0.25, 0.3) is 0 Å². The second kappa shape index (κ2) is 11.3. The third-order valence-corrected chi connectivity index (χ3v) is 4.89. The topological polar surface area (TPSA) is 68.9 Å². The maximum absolute atomic E-state index is 13.5. The number of nitrogens with two attached hydrogens (primary N) is 1. The number of nitrogens with one attached hydrogen (secondary N) is 1. The molecule has 0 aliphatic carbocycles. The minimum Gasteiger partial charge on any atom is -0.493 e. The summed E-state index contributed by atoms with van der Waals surface area (Å²) in [6, 6.07) is 12.7. The second-order valence-corrected chi connectivity index (χ2v) is 6.88. The van der Waals surface area contributed by atoms with Crippen molar-refractivity contribution in [2.24, 2.45) is 10.7 Å². The van der Waals surface area contributed by atoms with Crippen LogP contribution in [0.5, 0.6) is 11.5 Å². The lowest BCUT2D eigenvalue weighted by Crippen LogP contribution is -2.33. The molecule has 2 aromatic carbocycles. The fraction of sp³-hybridized carbons (Fsp3) is 0.350. The Morgan fingerprint density at radius 2 is 1.93 bits per heavy atom. The molecule has 146 valence electrons. The van der Waals surface area contributed by atoms with E-state index in [1.807, 2.05) is 24.3 Å². The summed E-state index contributed by atoms with van der Waals surface area (Å²) in [5, 5.41) is 3.10. The van der Waals surface area contributed by atoms with Crippen LogP contribution in [0, 0.1) is 5.82 Å². The van der Waals surface area contributed by atoms with Crippen molar-refractivity contribution < 1.29 is 13.9 Å². The standard InChI is InChI=1S/C20H26FN3O2S/c1-25-18-8-7-15(13-19(18)26-2)9-10-23-20(22)24-11-12-27-14-16-5-3-4-6-17(16)21/h3-8,13H,9-12,14H2,1-2H3,(H3,22,23,24). The number of ether oxygens (including phenoxy) is 2. The predicted molar refractivity (Wildman–Crippen MR) is 110 cm³/mol. The van der Waals surface area contributed by atoms with Crippen LogP contribution in [0.4, 0.5) is 4.39 Å². The highest BCUT2D eigenvalue weighted by Gasteiger charge is 2.04. The maximum atomic E-state index is 13.5. The van der Waals surface area contributed by atoms with Gasteiger partial charge in [0.1, 0.15) is 5.82 Å². The van der Waals surface area contributed by atoms with E-state index in [9.17, 15) is 4.39 Å². The van der Waals surface area contributed by atoms with Crippen molar-refractivity contribution in [1.29, 1.82) is 0 Å². The first-order chi connectivity index (χ1) is 13.1. The molecule has 0 spiro atoms. The highest BCUT2D eigenvalue weighted by molar-refractivity contribution is 7.98. The highest BCUT2D eigenvalue weighted by Crippen LogP contribution is 2.27. The molecule has 0 unspecified atom stereocenters. The van der Waals surface area contributed by atoms with Gasteiger partial charge < -0.3 is 20.5 Å². The number of benzene rings is 2. The van der Waals surface area contributed by atoms with E-state index in [0.29, 0.717) is 41.9 Å². The normalized spacial score (nSPS) is 11.3. The molecule has 5 nitrogen and oxygen atoms in total. The lowest BCUT2D eigenvalue weighted by molar-refractivity contribution is 0.354. The van der Waals surface area contributed by atoms with Gasteiger partial charge in [-0.25, -0.2) is 4.39 Å². The highest BCUT2D eigenvalue weighted by atomic mass is 32.2. The Kier molecular flexibility index (Phi) is 8.77. The minimum absolute atomic E-state index is 0.162. The van der Waals surface area contributed by atoms with Crippen molar-refractivity contribution in [2.75, 3.05) is 33.1 Å². The Bertz CT molecular complexity index is 756. The first-order valence-electron chi connectivity index (χ1n) is 8.70. The number of rotatable bonds is 10. The third kappa shape index (κ3) is 7.02. The quantitative estimate of drug-likeness (QED) is 0.370. The fourth-order valence-corrected chi connectivity index (χ4v) is 3.27. The van der Waals surface area contributed by atoms with Gasteiger partial charge in [0, 0.05) is 18.1 Å². The smallest absolute Gasteiger partial charge is 0.188 e. The molecule has 0 aliphatic heterocycles. The molecule has 0 saturated heterocycles. The Balaban J connectivity index is 1.66. The average molecular weight is 392 g/mol. The third-order valence-electron chi connectivity index (χ3n) is 3.90. The van der Waals surface area contributed by atoms with E-state index in [0.717, 1.165) is 17.7 Å². The molecule has 3 N–H and O–H groups in total. The molecule has 0 aliphatic rings. The lowest BCUT2D eigenvalue weighted by atomic mass is 10.1. The molecule has 0 atom stereocenters. The number of hydrogen-bond donors (Lipinski definition) is 2. The lowest BCUT2D eigenvalue weighted by Gasteiger charge is -2.10. The second-order valence-electron chi connectivity index (χ2n) is 5.78. The molecule has 0 radical (unpaired) electrons. The van der Waals surface area contributed by atoms with Crippen LogP contribution >= 0.6 is 11.8 Å². The Hall–Kier alpha value is -2.41. The number of aliphatic imine (C=N–C) groups is 1. The molecule has 0 bridgehead atoms. The van der Waals surface area contributed by atoms with Gasteiger partial charge in [0.05, 0.1) is 20.8 Å². The molecule has 27 heavy (non-hydrogen) atoms. The van der Waals surface area contributed by atoms with Crippen molar-refractivity contribution in [3.63, 3.8) is 0 Å². The molecule has 7 heteroatoms. The van der Waals surface area contributed by atoms with Crippen LogP contribution in [-0.4, -0.2) is 39.0 Å². The number of halogens is 1. The summed E-state index contributed by atoms with van der Waals surface area (Å²) in [5.41, 5.74) is 7.72. The van der Waals surface area contributed by atoms with Gasteiger partial charge in [-0.05, 0) is 35.7 Å². The van der Waals surface area contributed by atoms with Crippen molar-refractivity contribution in [3.8, 4) is 11.5 Å². The zero-order valence-corrected chi connectivity index (χ0v) is 16.5. The van der Waals surface area contributed by atoms with Gasteiger partial charge in [-0.1, -0.05) is 24.3 Å². The van der Waals surface area contributed by atoms with Crippen LogP contribution in [-0.2, 0) is 12.2 Å². The first-order valence-corrected chi connectivity index (χ1v) is 9.85. The van der Waals surface area contributed by atoms with E-state index < -0.39 is 0 Å². The van der Waals surface area contributed by atoms with E-state index in [1.165, 1.54) is 6.07 Å². The van der Waals surface area contributed by atoms with Gasteiger partial charge in [-0.3, -0.25) is 4.99 Å². The van der Waals surface area contributed by atoms with Gasteiger partial charge in [0.15, 0.2) is 17.5 Å². The number of guanidine groups is 1. The number of thioether (sulfide) groups is 1. The van der Waals surface area contributed by atoms with E-state index in [1.54, 1.807) is 38.1 Å². The molecule has 2 rings (SSSR count).